The van der Waals surface area contributed by atoms with E-state index in [1.54, 1.807) is 6.66 Å². The zero-order valence-electron chi connectivity index (χ0n) is 18.6. The Morgan fingerprint density at radius 3 is 2.35 bits per heavy atom. The second kappa shape index (κ2) is 11.9. The van der Waals surface area contributed by atoms with Crippen LogP contribution in [-0.2, 0) is 11.8 Å². The van der Waals surface area contributed by atoms with Gasteiger partial charge in [0.1, 0.15) is 6.29 Å². The summed E-state index contributed by atoms with van der Waals surface area (Å²) in [6.45, 7) is 5.68. The normalized spacial score (nSPS) is 12.2. The van der Waals surface area contributed by atoms with Crippen LogP contribution in [0.5, 0.6) is 0 Å². The van der Waals surface area contributed by atoms with Crippen molar-refractivity contribution in [1.29, 1.82) is 0 Å². The van der Waals surface area contributed by atoms with E-state index < -0.39 is 13.8 Å². The molecule has 0 saturated heterocycles. The number of aryl methyl sites for hydroxylation is 1. The first-order chi connectivity index (χ1) is 14.9. The Labute approximate surface area is 190 Å². The van der Waals surface area contributed by atoms with Gasteiger partial charge in [0.05, 0.1) is 5.66 Å². The topological polar surface area (TPSA) is 54.3 Å². The molecule has 4 nitrogen and oxygen atoms in total. The Hall–Kier alpha value is -2.39. The number of hydrogen-bond donors (Lipinski definition) is 2. The number of nitrogens with zero attached hydrogens (tertiary/aromatic N) is 1. The highest BCUT2D eigenvalue weighted by atomic mass is 35.5. The van der Waals surface area contributed by atoms with Crippen molar-refractivity contribution in [3.63, 3.8) is 0 Å². The Morgan fingerprint density at radius 2 is 1.74 bits per heavy atom. The average Bonchev–Trinajstić information content (AvgIpc) is 3.10. The molecule has 0 fully saturated rings. The van der Waals surface area contributed by atoms with Gasteiger partial charge in [-0.15, -0.1) is 0 Å². The predicted octanol–water partition coefficient (Wildman–Crippen LogP) is 7.00. The minimum absolute atomic E-state index is 0.452. The van der Waals surface area contributed by atoms with Crippen LogP contribution >= 0.6 is 19.7 Å². The molecular weight excluding hydrogens is 427 g/mol. The van der Waals surface area contributed by atoms with Crippen LogP contribution in [0.25, 0.3) is 21.7 Å². The summed E-state index contributed by atoms with van der Waals surface area (Å²) < 4.78 is 1.94. The standard InChI is InChI=1S/C12H13ClNO2P.C11H11N.C2H6/c1-14-6-10(12(7-15)17(2)16)9-5-8(13)3-4-11(9)14;1-12-11-7-6-9-4-2-3-5-10(9)8-11;1-2/h3-7,12,16H,1-2H3;2-8,12H,1H3;1-2H3. The number of aromatic nitrogens is 1. The summed E-state index contributed by atoms with van der Waals surface area (Å²) in [6.07, 6.45) is 2.69. The van der Waals surface area contributed by atoms with Crippen molar-refractivity contribution in [1.82, 2.24) is 4.57 Å². The molecule has 0 saturated carbocycles. The van der Waals surface area contributed by atoms with Crippen LogP contribution < -0.4 is 5.32 Å². The molecule has 1 aromatic heterocycles. The van der Waals surface area contributed by atoms with Crippen molar-refractivity contribution < 1.29 is 9.69 Å². The number of benzene rings is 3. The monoisotopic (exact) mass is 456 g/mol. The first kappa shape index (κ1) is 24.9. The molecular formula is C25H30ClN2O2P. The average molecular weight is 457 g/mol. The van der Waals surface area contributed by atoms with Crippen molar-refractivity contribution in [2.75, 3.05) is 19.0 Å². The highest BCUT2D eigenvalue weighted by Gasteiger charge is 2.21. The van der Waals surface area contributed by atoms with Gasteiger partial charge in [0, 0.05) is 50.1 Å². The van der Waals surface area contributed by atoms with Gasteiger partial charge in [-0.1, -0.05) is 55.8 Å². The molecule has 31 heavy (non-hydrogen) atoms. The molecule has 2 unspecified atom stereocenters. The Bertz CT molecular complexity index is 1140. The van der Waals surface area contributed by atoms with Crippen molar-refractivity contribution in [3.05, 3.63) is 77.4 Å². The second-order valence-electron chi connectivity index (χ2n) is 6.82. The molecule has 0 aliphatic heterocycles. The van der Waals surface area contributed by atoms with Gasteiger partial charge in [0.15, 0.2) is 0 Å². The zero-order chi connectivity index (χ0) is 23.0. The zero-order valence-corrected chi connectivity index (χ0v) is 20.3. The summed E-state index contributed by atoms with van der Waals surface area (Å²) in [5, 5.41) is 7.25. The van der Waals surface area contributed by atoms with E-state index in [-0.39, 0.29) is 0 Å². The molecule has 0 radical (unpaired) electrons. The van der Waals surface area contributed by atoms with E-state index in [4.69, 9.17) is 11.6 Å². The van der Waals surface area contributed by atoms with Crippen LogP contribution in [0, 0.1) is 0 Å². The lowest BCUT2D eigenvalue weighted by molar-refractivity contribution is -0.107. The van der Waals surface area contributed by atoms with Crippen molar-refractivity contribution in [2.24, 2.45) is 7.05 Å². The number of nitrogens with one attached hydrogen (secondary N) is 1. The lowest BCUT2D eigenvalue weighted by Crippen LogP contribution is -1.96. The van der Waals surface area contributed by atoms with Crippen LogP contribution in [-0.4, -0.2) is 29.5 Å². The van der Waals surface area contributed by atoms with Crippen LogP contribution in [0.15, 0.2) is 66.9 Å². The molecule has 0 bridgehead atoms. The number of hydrogen-bond acceptors (Lipinski definition) is 3. The highest BCUT2D eigenvalue weighted by molar-refractivity contribution is 7.52. The summed E-state index contributed by atoms with van der Waals surface area (Å²) >= 11 is 5.97. The molecule has 0 spiro atoms. The third-order valence-electron chi connectivity index (χ3n) is 4.87. The maximum atomic E-state index is 11.1. The predicted molar refractivity (Wildman–Crippen MR) is 137 cm³/mol. The number of fused-ring (bicyclic) bond motifs is 2. The van der Waals surface area contributed by atoms with Gasteiger partial charge >= 0.3 is 0 Å². The van der Waals surface area contributed by atoms with E-state index in [1.807, 2.05) is 56.9 Å². The molecule has 2 atom stereocenters. The fraction of sp³-hybridized carbons (Fsp3) is 0.240. The summed E-state index contributed by atoms with van der Waals surface area (Å²) in [5.74, 6) is 0. The van der Waals surface area contributed by atoms with Gasteiger partial charge in [-0.25, -0.2) is 0 Å². The van der Waals surface area contributed by atoms with E-state index in [0.29, 0.717) is 5.02 Å². The van der Waals surface area contributed by atoms with Crippen LogP contribution in [0.2, 0.25) is 5.02 Å². The fourth-order valence-electron chi connectivity index (χ4n) is 3.34. The van der Waals surface area contributed by atoms with Crippen molar-refractivity contribution in [2.45, 2.75) is 19.5 Å². The quantitative estimate of drug-likeness (QED) is 0.257. The molecule has 3 aromatic carbocycles. The molecule has 0 amide bonds. The Morgan fingerprint density at radius 1 is 1.06 bits per heavy atom. The highest BCUT2D eigenvalue weighted by Crippen LogP contribution is 2.45. The van der Waals surface area contributed by atoms with Crippen molar-refractivity contribution in [3.8, 4) is 0 Å². The minimum Gasteiger partial charge on any atom is -0.388 e. The van der Waals surface area contributed by atoms with E-state index in [0.717, 1.165) is 28.4 Å². The lowest BCUT2D eigenvalue weighted by Gasteiger charge is -2.12. The summed E-state index contributed by atoms with van der Waals surface area (Å²) in [6, 6.07) is 20.3. The van der Waals surface area contributed by atoms with E-state index in [9.17, 15) is 9.69 Å². The molecule has 0 aliphatic carbocycles. The molecule has 0 aliphatic rings. The van der Waals surface area contributed by atoms with E-state index in [1.165, 1.54) is 10.8 Å². The summed E-state index contributed by atoms with van der Waals surface area (Å²) in [5.41, 5.74) is 2.56. The van der Waals surface area contributed by atoms with Gasteiger partial charge in [0.2, 0.25) is 0 Å². The Kier molecular flexibility index (Phi) is 9.51. The lowest BCUT2D eigenvalue weighted by atomic mass is 10.1. The minimum atomic E-state index is -1.33. The van der Waals surface area contributed by atoms with Crippen LogP contribution in [0.1, 0.15) is 25.1 Å². The second-order valence-corrected chi connectivity index (χ2v) is 8.96. The van der Waals surface area contributed by atoms with Gasteiger partial charge in [0.25, 0.3) is 0 Å². The molecule has 6 heteroatoms. The number of halogens is 1. The smallest absolute Gasteiger partial charge is 0.134 e. The van der Waals surface area contributed by atoms with E-state index >= 15 is 0 Å². The van der Waals surface area contributed by atoms with Gasteiger partial charge in [-0.3, -0.25) is 0 Å². The van der Waals surface area contributed by atoms with Crippen molar-refractivity contribution >= 4 is 53.4 Å². The number of carbonyl (C=O) groups excluding carboxylic acids is 1. The van der Waals surface area contributed by atoms with Gasteiger partial charge in [-0.05, 0) is 53.3 Å². The molecule has 4 aromatic rings. The van der Waals surface area contributed by atoms with E-state index in [2.05, 4.69) is 47.8 Å². The van der Waals surface area contributed by atoms with Gasteiger partial charge < -0.3 is 19.6 Å². The fourth-order valence-corrected chi connectivity index (χ4v) is 4.29. The first-order valence-electron chi connectivity index (χ1n) is 10.2. The van der Waals surface area contributed by atoms with Crippen LogP contribution in [0.3, 0.4) is 0 Å². The largest absolute Gasteiger partial charge is 0.388 e. The summed E-state index contributed by atoms with van der Waals surface area (Å²) in [4.78, 5) is 20.8. The third-order valence-corrected chi connectivity index (χ3v) is 6.31. The van der Waals surface area contributed by atoms with Gasteiger partial charge in [-0.2, -0.15) is 0 Å². The molecule has 2 N–H and O–H groups in total. The summed E-state index contributed by atoms with van der Waals surface area (Å²) in [7, 11) is 2.51. The number of carbonyl (C=O) groups is 1. The number of rotatable bonds is 4. The Balaban J connectivity index is 0.000000214. The van der Waals surface area contributed by atoms with Crippen LogP contribution in [0.4, 0.5) is 5.69 Å². The third kappa shape index (κ3) is 6.07. The number of anilines is 1. The first-order valence-corrected chi connectivity index (χ1v) is 12.4. The molecule has 1 heterocycles. The molecule has 4 rings (SSSR count). The number of aldehydes is 1. The molecule has 164 valence electrons. The SMILES string of the molecule is CC.CNc1ccc2ccccc2c1.Cn1cc(C(C=O)P(C)O)c2cc(Cl)ccc21. The maximum absolute atomic E-state index is 11.1. The maximum Gasteiger partial charge on any atom is 0.134 e.